The summed E-state index contributed by atoms with van der Waals surface area (Å²) in [7, 11) is 0. The monoisotopic (exact) mass is 270 g/mol. The molecule has 0 spiro atoms. The molecule has 4 heteroatoms. The number of hydrogen-bond acceptors (Lipinski definition) is 3. The van der Waals surface area contributed by atoms with Gasteiger partial charge < -0.3 is 15.3 Å². The summed E-state index contributed by atoms with van der Waals surface area (Å²) < 4.78 is 0. The van der Waals surface area contributed by atoms with Gasteiger partial charge in [-0.1, -0.05) is 33.6 Å². The fraction of sp³-hybridized carbons (Fsp3) is 0.933. The molecule has 2 N–H and O–H groups in total. The number of rotatable bonds is 7. The molecule has 0 bridgehead atoms. The van der Waals surface area contributed by atoms with Gasteiger partial charge in [0.1, 0.15) is 0 Å². The number of amides is 1. The predicted molar refractivity (Wildman–Crippen MR) is 78.0 cm³/mol. The summed E-state index contributed by atoms with van der Waals surface area (Å²) in [5.74, 6) is 0.895. The van der Waals surface area contributed by atoms with Gasteiger partial charge in [0.25, 0.3) is 0 Å². The smallest absolute Gasteiger partial charge is 0.222 e. The highest BCUT2D eigenvalue weighted by Gasteiger charge is 2.23. The molecule has 0 aromatic heterocycles. The summed E-state index contributed by atoms with van der Waals surface area (Å²) in [6.07, 6.45) is 4.70. The standard InChI is InChI=1S/C15H30N2O2/c1-4-5-13-6-7-15(19)17(9-8-13)11-14(18)10-16-12(2)3/h12-14,16,18H,4-11H2,1-3H3. The first-order valence-corrected chi connectivity index (χ1v) is 7.72. The molecule has 1 aliphatic heterocycles. The second-order valence-electron chi connectivity index (χ2n) is 6.04. The fourth-order valence-electron chi connectivity index (χ4n) is 2.67. The summed E-state index contributed by atoms with van der Waals surface area (Å²) in [6, 6.07) is 0.364. The van der Waals surface area contributed by atoms with Crippen LogP contribution in [0, 0.1) is 5.92 Å². The third kappa shape index (κ3) is 6.39. The molecule has 1 rings (SSSR count). The van der Waals surface area contributed by atoms with Gasteiger partial charge in [-0.15, -0.1) is 0 Å². The minimum Gasteiger partial charge on any atom is -0.390 e. The van der Waals surface area contributed by atoms with Gasteiger partial charge in [0.15, 0.2) is 0 Å². The average molecular weight is 270 g/mol. The van der Waals surface area contributed by atoms with E-state index in [1.807, 2.05) is 4.90 Å². The lowest BCUT2D eigenvalue weighted by Gasteiger charge is -2.24. The van der Waals surface area contributed by atoms with Gasteiger partial charge in [-0.2, -0.15) is 0 Å². The number of aliphatic hydroxyl groups excluding tert-OH is 1. The second kappa shape index (κ2) is 8.54. The van der Waals surface area contributed by atoms with Crippen LogP contribution in [0.1, 0.15) is 52.9 Å². The molecule has 4 nitrogen and oxygen atoms in total. The Bertz CT molecular complexity index is 269. The summed E-state index contributed by atoms with van der Waals surface area (Å²) in [6.45, 7) is 8.14. The van der Waals surface area contributed by atoms with Crippen molar-refractivity contribution in [2.75, 3.05) is 19.6 Å². The molecular weight excluding hydrogens is 240 g/mol. The van der Waals surface area contributed by atoms with Crippen LogP contribution in [0.5, 0.6) is 0 Å². The molecule has 0 saturated carbocycles. The van der Waals surface area contributed by atoms with Crippen LogP contribution in [0.15, 0.2) is 0 Å². The van der Waals surface area contributed by atoms with Crippen LogP contribution < -0.4 is 5.32 Å². The van der Waals surface area contributed by atoms with E-state index in [9.17, 15) is 9.90 Å². The van der Waals surface area contributed by atoms with Crippen molar-refractivity contribution in [1.29, 1.82) is 0 Å². The Hall–Kier alpha value is -0.610. The first-order chi connectivity index (χ1) is 9.02. The molecule has 1 amide bonds. The van der Waals surface area contributed by atoms with Crippen molar-refractivity contribution in [2.45, 2.75) is 65.0 Å². The molecule has 0 radical (unpaired) electrons. The Kier molecular flexibility index (Phi) is 7.39. The molecule has 1 aliphatic rings. The zero-order valence-corrected chi connectivity index (χ0v) is 12.7. The zero-order chi connectivity index (χ0) is 14.3. The summed E-state index contributed by atoms with van der Waals surface area (Å²) in [4.78, 5) is 13.9. The minimum atomic E-state index is -0.464. The maximum absolute atomic E-state index is 12.0. The van der Waals surface area contributed by atoms with Gasteiger partial charge in [-0.25, -0.2) is 0 Å². The van der Waals surface area contributed by atoms with Crippen LogP contribution in [-0.2, 0) is 4.79 Å². The van der Waals surface area contributed by atoms with Gasteiger partial charge in [-0.3, -0.25) is 4.79 Å². The van der Waals surface area contributed by atoms with E-state index >= 15 is 0 Å². The van der Waals surface area contributed by atoms with E-state index in [0.29, 0.717) is 31.5 Å². The molecule has 2 atom stereocenters. The third-order valence-corrected chi connectivity index (χ3v) is 3.82. The van der Waals surface area contributed by atoms with Crippen molar-refractivity contribution in [3.63, 3.8) is 0 Å². The number of nitrogens with one attached hydrogen (secondary N) is 1. The molecular formula is C15H30N2O2. The second-order valence-corrected chi connectivity index (χ2v) is 6.04. The van der Waals surface area contributed by atoms with E-state index in [0.717, 1.165) is 19.4 Å². The number of likely N-dealkylation sites (tertiary alicyclic amines) is 1. The predicted octanol–water partition coefficient (Wildman–Crippen LogP) is 1.77. The minimum absolute atomic E-state index is 0.210. The van der Waals surface area contributed by atoms with Crippen LogP contribution in [0.25, 0.3) is 0 Å². The molecule has 0 aromatic carbocycles. The third-order valence-electron chi connectivity index (χ3n) is 3.82. The Morgan fingerprint density at radius 1 is 1.42 bits per heavy atom. The Morgan fingerprint density at radius 3 is 2.79 bits per heavy atom. The first-order valence-electron chi connectivity index (χ1n) is 7.72. The number of nitrogens with zero attached hydrogens (tertiary/aromatic N) is 1. The first kappa shape index (κ1) is 16.4. The van der Waals surface area contributed by atoms with Gasteiger partial charge in [-0.05, 0) is 18.8 Å². The molecule has 1 saturated heterocycles. The topological polar surface area (TPSA) is 52.6 Å². The van der Waals surface area contributed by atoms with E-state index in [-0.39, 0.29) is 5.91 Å². The van der Waals surface area contributed by atoms with E-state index in [1.165, 1.54) is 12.8 Å². The largest absolute Gasteiger partial charge is 0.390 e. The fourth-order valence-corrected chi connectivity index (χ4v) is 2.67. The van der Waals surface area contributed by atoms with Crippen LogP contribution in [-0.4, -0.2) is 47.7 Å². The van der Waals surface area contributed by atoms with Gasteiger partial charge in [0.05, 0.1) is 6.10 Å². The highest BCUT2D eigenvalue weighted by molar-refractivity contribution is 5.76. The van der Waals surface area contributed by atoms with Gasteiger partial charge in [0.2, 0.25) is 5.91 Å². The molecule has 19 heavy (non-hydrogen) atoms. The van der Waals surface area contributed by atoms with Crippen LogP contribution in [0.3, 0.4) is 0 Å². The van der Waals surface area contributed by atoms with E-state index in [2.05, 4.69) is 26.1 Å². The maximum Gasteiger partial charge on any atom is 0.222 e. The van der Waals surface area contributed by atoms with Crippen LogP contribution >= 0.6 is 0 Å². The van der Waals surface area contributed by atoms with Crippen LogP contribution in [0.4, 0.5) is 0 Å². The van der Waals surface area contributed by atoms with Gasteiger partial charge in [0, 0.05) is 32.1 Å². The quantitative estimate of drug-likeness (QED) is 0.741. The summed E-state index contributed by atoms with van der Waals surface area (Å²) >= 11 is 0. The van der Waals surface area contributed by atoms with E-state index in [1.54, 1.807) is 0 Å². The number of carbonyl (C=O) groups is 1. The summed E-state index contributed by atoms with van der Waals surface area (Å²) in [5, 5.41) is 13.2. The lowest BCUT2D eigenvalue weighted by Crippen LogP contribution is -2.42. The lowest BCUT2D eigenvalue weighted by molar-refractivity contribution is -0.132. The lowest BCUT2D eigenvalue weighted by atomic mass is 9.96. The summed E-state index contributed by atoms with van der Waals surface area (Å²) in [5.41, 5.74) is 0. The normalized spacial score (nSPS) is 22.7. The molecule has 112 valence electrons. The number of hydrogen-bond donors (Lipinski definition) is 2. The highest BCUT2D eigenvalue weighted by Crippen LogP contribution is 2.22. The Morgan fingerprint density at radius 2 is 2.16 bits per heavy atom. The SMILES string of the molecule is CCCC1CCC(=O)N(CC(O)CNC(C)C)CC1. The Balaban J connectivity index is 2.37. The van der Waals surface area contributed by atoms with Crippen molar-refractivity contribution in [3.8, 4) is 0 Å². The average Bonchev–Trinajstić information content (AvgIpc) is 2.52. The Labute approximate surface area is 117 Å². The molecule has 0 aromatic rings. The molecule has 1 heterocycles. The van der Waals surface area contributed by atoms with Gasteiger partial charge >= 0.3 is 0 Å². The molecule has 1 fully saturated rings. The molecule has 2 unspecified atom stereocenters. The van der Waals surface area contributed by atoms with Crippen molar-refractivity contribution < 1.29 is 9.90 Å². The van der Waals surface area contributed by atoms with Crippen molar-refractivity contribution in [3.05, 3.63) is 0 Å². The van der Waals surface area contributed by atoms with Crippen molar-refractivity contribution >= 4 is 5.91 Å². The van der Waals surface area contributed by atoms with Crippen LogP contribution in [0.2, 0.25) is 0 Å². The highest BCUT2D eigenvalue weighted by atomic mass is 16.3. The zero-order valence-electron chi connectivity index (χ0n) is 12.7. The van der Waals surface area contributed by atoms with E-state index < -0.39 is 6.10 Å². The maximum atomic E-state index is 12.0. The number of aliphatic hydroxyl groups is 1. The van der Waals surface area contributed by atoms with E-state index in [4.69, 9.17) is 0 Å². The van der Waals surface area contributed by atoms with Crippen molar-refractivity contribution in [2.24, 2.45) is 5.92 Å². The number of carbonyl (C=O) groups excluding carboxylic acids is 1. The van der Waals surface area contributed by atoms with Crippen molar-refractivity contribution in [1.82, 2.24) is 10.2 Å². The molecule has 0 aliphatic carbocycles. The number of β-amino-alcohol motifs (C(OH)–C–C–N with tert-alkyl or cyclic N) is 1.